The summed E-state index contributed by atoms with van der Waals surface area (Å²) in [5.74, 6) is 0.993. The standard InChI is InChI=1S/C10H18IN/c1-9-3-5-10(7-9)4-2-6-12(11)8-10/h9H,2-8H2,1H3/t9?,10-/m0/s1. The zero-order chi connectivity index (χ0) is 8.60. The molecule has 0 amide bonds. The van der Waals surface area contributed by atoms with E-state index >= 15 is 0 Å². The lowest BCUT2D eigenvalue weighted by atomic mass is 9.79. The van der Waals surface area contributed by atoms with E-state index in [2.05, 4.69) is 32.9 Å². The average molecular weight is 279 g/mol. The minimum atomic E-state index is 0.735. The van der Waals surface area contributed by atoms with Gasteiger partial charge in [0.05, 0.1) is 0 Å². The van der Waals surface area contributed by atoms with E-state index in [9.17, 15) is 0 Å². The molecule has 1 aliphatic carbocycles. The van der Waals surface area contributed by atoms with Crippen molar-refractivity contribution in [2.24, 2.45) is 11.3 Å². The molecule has 0 aromatic carbocycles. The van der Waals surface area contributed by atoms with Crippen LogP contribution in [0.25, 0.3) is 0 Å². The summed E-state index contributed by atoms with van der Waals surface area (Å²) in [6.07, 6.45) is 7.39. The topological polar surface area (TPSA) is 3.24 Å². The molecule has 2 aliphatic rings. The average Bonchev–Trinajstić information content (AvgIpc) is 2.32. The summed E-state index contributed by atoms with van der Waals surface area (Å²) in [5, 5.41) is 0. The minimum Gasteiger partial charge on any atom is -0.247 e. The first-order chi connectivity index (χ1) is 5.70. The predicted molar refractivity (Wildman–Crippen MR) is 60.3 cm³/mol. The molecule has 2 atom stereocenters. The highest BCUT2D eigenvalue weighted by Crippen LogP contribution is 2.47. The van der Waals surface area contributed by atoms with Gasteiger partial charge < -0.3 is 0 Å². The van der Waals surface area contributed by atoms with Crippen molar-refractivity contribution in [1.29, 1.82) is 0 Å². The monoisotopic (exact) mass is 279 g/mol. The summed E-state index contributed by atoms with van der Waals surface area (Å²) in [6.45, 7) is 5.09. The van der Waals surface area contributed by atoms with Crippen LogP contribution in [0, 0.1) is 11.3 Å². The molecular formula is C10H18IN. The Bertz CT molecular complexity index is 167. The van der Waals surface area contributed by atoms with Crippen molar-refractivity contribution in [2.45, 2.75) is 39.0 Å². The second-order valence-electron chi connectivity index (χ2n) is 4.80. The van der Waals surface area contributed by atoms with Crippen LogP contribution in [0.4, 0.5) is 0 Å². The molecule has 1 saturated carbocycles. The summed E-state index contributed by atoms with van der Waals surface area (Å²) in [5.41, 5.74) is 0.735. The van der Waals surface area contributed by atoms with Gasteiger partial charge in [-0.25, -0.2) is 3.11 Å². The largest absolute Gasteiger partial charge is 0.247 e. The number of rotatable bonds is 0. The van der Waals surface area contributed by atoms with Crippen molar-refractivity contribution >= 4 is 22.9 Å². The van der Waals surface area contributed by atoms with E-state index in [0.29, 0.717) is 0 Å². The van der Waals surface area contributed by atoms with Crippen molar-refractivity contribution in [3.63, 3.8) is 0 Å². The van der Waals surface area contributed by atoms with Crippen LogP contribution in [-0.2, 0) is 0 Å². The highest BCUT2D eigenvalue weighted by atomic mass is 127. The lowest BCUT2D eigenvalue weighted by Gasteiger charge is -2.37. The Morgan fingerprint density at radius 2 is 2.25 bits per heavy atom. The lowest BCUT2D eigenvalue weighted by molar-refractivity contribution is 0.167. The molecule has 2 fully saturated rings. The van der Waals surface area contributed by atoms with Gasteiger partial charge >= 0.3 is 0 Å². The maximum absolute atomic E-state index is 2.50. The van der Waals surface area contributed by atoms with E-state index in [1.807, 2.05) is 0 Å². The van der Waals surface area contributed by atoms with Crippen LogP contribution in [0.5, 0.6) is 0 Å². The SMILES string of the molecule is CC1CC[C@@]2(CCCN(I)C2)C1. The summed E-state index contributed by atoms with van der Waals surface area (Å²) in [7, 11) is 0. The maximum atomic E-state index is 2.50. The molecular weight excluding hydrogens is 261 g/mol. The van der Waals surface area contributed by atoms with Crippen LogP contribution in [0.15, 0.2) is 0 Å². The zero-order valence-corrected chi connectivity index (χ0v) is 10.0. The maximum Gasteiger partial charge on any atom is 0.0201 e. The van der Waals surface area contributed by atoms with E-state index in [-0.39, 0.29) is 0 Å². The normalized spacial score (nSPS) is 44.0. The first-order valence-electron chi connectivity index (χ1n) is 5.11. The van der Waals surface area contributed by atoms with Crippen LogP contribution in [0.3, 0.4) is 0 Å². The summed E-state index contributed by atoms with van der Waals surface area (Å²) in [6, 6.07) is 0. The van der Waals surface area contributed by atoms with Crippen LogP contribution in [0.1, 0.15) is 39.0 Å². The third kappa shape index (κ3) is 1.79. The van der Waals surface area contributed by atoms with Crippen molar-refractivity contribution in [3.05, 3.63) is 0 Å². The Morgan fingerprint density at radius 1 is 1.42 bits per heavy atom. The summed E-state index contributed by atoms with van der Waals surface area (Å²) in [4.78, 5) is 0. The molecule has 0 bridgehead atoms. The molecule has 1 spiro atoms. The lowest BCUT2D eigenvalue weighted by Crippen LogP contribution is -2.36. The third-order valence-corrected chi connectivity index (χ3v) is 4.39. The van der Waals surface area contributed by atoms with Gasteiger partial charge in [-0.1, -0.05) is 13.3 Å². The van der Waals surface area contributed by atoms with Crippen LogP contribution in [0.2, 0.25) is 0 Å². The zero-order valence-electron chi connectivity index (χ0n) is 7.85. The second kappa shape index (κ2) is 3.45. The number of nitrogens with zero attached hydrogens (tertiary/aromatic N) is 1. The Labute approximate surface area is 89.4 Å². The van der Waals surface area contributed by atoms with Crippen molar-refractivity contribution < 1.29 is 0 Å². The highest BCUT2D eigenvalue weighted by molar-refractivity contribution is 14.1. The first kappa shape index (κ1) is 9.25. The molecule has 1 unspecified atom stereocenters. The number of piperidine rings is 1. The molecule has 0 N–H and O–H groups in total. The number of hydrogen-bond acceptors (Lipinski definition) is 1. The Hall–Kier alpha value is 0.690. The molecule has 12 heavy (non-hydrogen) atoms. The van der Waals surface area contributed by atoms with Crippen LogP contribution < -0.4 is 0 Å². The van der Waals surface area contributed by atoms with Gasteiger partial charge in [0.25, 0.3) is 0 Å². The van der Waals surface area contributed by atoms with Crippen molar-refractivity contribution in [2.75, 3.05) is 13.1 Å². The molecule has 70 valence electrons. The van der Waals surface area contributed by atoms with Gasteiger partial charge in [-0.05, 0) is 37.0 Å². The van der Waals surface area contributed by atoms with Gasteiger partial charge in [0, 0.05) is 36.0 Å². The van der Waals surface area contributed by atoms with Crippen LogP contribution >= 0.6 is 22.9 Å². The number of hydrogen-bond donors (Lipinski definition) is 0. The fourth-order valence-corrected chi connectivity index (χ4v) is 4.08. The third-order valence-electron chi connectivity index (χ3n) is 3.56. The van der Waals surface area contributed by atoms with E-state index in [1.165, 1.54) is 45.2 Å². The van der Waals surface area contributed by atoms with Crippen molar-refractivity contribution in [3.8, 4) is 0 Å². The molecule has 2 heteroatoms. The fraction of sp³-hybridized carbons (Fsp3) is 1.00. The molecule has 1 heterocycles. The summed E-state index contributed by atoms with van der Waals surface area (Å²) < 4.78 is 2.50. The van der Waals surface area contributed by atoms with Gasteiger partial charge in [-0.2, -0.15) is 0 Å². The predicted octanol–water partition coefficient (Wildman–Crippen LogP) is 3.24. The molecule has 0 radical (unpaired) electrons. The van der Waals surface area contributed by atoms with E-state index < -0.39 is 0 Å². The summed E-state index contributed by atoms with van der Waals surface area (Å²) >= 11 is 2.50. The van der Waals surface area contributed by atoms with Gasteiger partial charge in [0.2, 0.25) is 0 Å². The second-order valence-corrected chi connectivity index (χ2v) is 6.16. The van der Waals surface area contributed by atoms with Gasteiger partial charge in [0.15, 0.2) is 0 Å². The van der Waals surface area contributed by atoms with Crippen LogP contribution in [-0.4, -0.2) is 16.2 Å². The minimum absolute atomic E-state index is 0.735. The number of halogens is 1. The van der Waals surface area contributed by atoms with Gasteiger partial charge in [-0.3, -0.25) is 0 Å². The molecule has 1 aliphatic heterocycles. The Kier molecular flexibility index (Phi) is 2.66. The molecule has 1 saturated heterocycles. The molecule has 2 rings (SSSR count). The van der Waals surface area contributed by atoms with Gasteiger partial charge in [-0.15, -0.1) is 0 Å². The fourth-order valence-electron chi connectivity index (χ4n) is 3.01. The quantitative estimate of drug-likeness (QED) is 0.486. The van der Waals surface area contributed by atoms with E-state index in [0.717, 1.165) is 11.3 Å². The highest BCUT2D eigenvalue weighted by Gasteiger charge is 2.39. The van der Waals surface area contributed by atoms with E-state index in [4.69, 9.17) is 0 Å². The Morgan fingerprint density at radius 3 is 2.83 bits per heavy atom. The van der Waals surface area contributed by atoms with Gasteiger partial charge in [0.1, 0.15) is 0 Å². The molecule has 0 aromatic rings. The smallest absolute Gasteiger partial charge is 0.0201 e. The molecule has 1 nitrogen and oxygen atoms in total. The Balaban J connectivity index is 2.00. The van der Waals surface area contributed by atoms with Crippen molar-refractivity contribution in [1.82, 2.24) is 3.11 Å². The molecule has 0 aromatic heterocycles. The van der Waals surface area contributed by atoms with E-state index in [1.54, 1.807) is 0 Å². The first-order valence-corrected chi connectivity index (χ1v) is 6.07.